The molecule has 0 bridgehead atoms. The number of aliphatic hydroxyl groups excluding tert-OH is 1. The third kappa shape index (κ3) is 7.39. The second kappa shape index (κ2) is 13.5. The molecule has 232 valence electrons. The van der Waals surface area contributed by atoms with Crippen molar-refractivity contribution in [1.82, 2.24) is 24.3 Å². The van der Waals surface area contributed by atoms with E-state index >= 15 is 0 Å². The normalized spacial score (nSPS) is 13.9. The Labute approximate surface area is 260 Å². The van der Waals surface area contributed by atoms with Crippen molar-refractivity contribution in [2.75, 3.05) is 68.1 Å². The highest BCUT2D eigenvalue weighted by atomic mass is 35.5. The Balaban J connectivity index is 1.34. The number of amides is 1. The van der Waals surface area contributed by atoms with Gasteiger partial charge in [-0.1, -0.05) is 23.7 Å². The maximum atomic E-state index is 13.4. The Bertz CT molecular complexity index is 1740. The summed E-state index contributed by atoms with van der Waals surface area (Å²) in [5.74, 6) is 0.898. The van der Waals surface area contributed by atoms with Crippen LogP contribution in [0.15, 0.2) is 67.0 Å². The van der Waals surface area contributed by atoms with Crippen molar-refractivity contribution in [3.8, 4) is 11.4 Å². The van der Waals surface area contributed by atoms with E-state index in [-0.39, 0.29) is 29.3 Å². The first-order chi connectivity index (χ1) is 21.1. The summed E-state index contributed by atoms with van der Waals surface area (Å²) < 4.78 is 33.5. The first-order valence-electron chi connectivity index (χ1n) is 13.8. The number of β-amino-alcohol motifs (C(OH)–C–C–N with tert-alkyl or cyclic N) is 1. The molecule has 1 amide bonds. The number of halogens is 1. The minimum absolute atomic E-state index is 0.0669. The molecule has 3 heterocycles. The van der Waals surface area contributed by atoms with Crippen molar-refractivity contribution in [3.05, 3.63) is 77.7 Å². The zero-order valence-electron chi connectivity index (χ0n) is 24.2. The molecule has 1 aliphatic rings. The average molecular weight is 641 g/mol. The molecule has 1 aliphatic heterocycles. The fraction of sp³-hybridized carbons (Fsp3) is 0.276. The Morgan fingerprint density at radius 2 is 1.77 bits per heavy atom. The van der Waals surface area contributed by atoms with Gasteiger partial charge in [0.25, 0.3) is 5.91 Å². The van der Waals surface area contributed by atoms with Gasteiger partial charge in [0, 0.05) is 50.7 Å². The van der Waals surface area contributed by atoms with Gasteiger partial charge in [-0.3, -0.25) is 14.4 Å². The topological polar surface area (TPSA) is 154 Å². The van der Waals surface area contributed by atoms with Crippen molar-refractivity contribution >= 4 is 56.4 Å². The number of rotatable bonds is 11. The molecule has 0 aliphatic carbocycles. The van der Waals surface area contributed by atoms with Gasteiger partial charge in [-0.05, 0) is 36.4 Å². The Hall–Kier alpha value is -4.37. The maximum absolute atomic E-state index is 13.4. The van der Waals surface area contributed by atoms with Crippen LogP contribution in [-0.4, -0.2) is 96.5 Å². The number of nitrogens with zero attached hydrogens (tertiary/aromatic N) is 5. The number of aliphatic hydroxyl groups is 1. The standard InChI is InChI=1S/C29H33ClN8O5S/c1-43-26-18-20(38-11-5-8-25(38)28(40)37-14-12-36(13-15-37)16-17-39)9-10-24(26)33-29-31-19-21(30)27(34-29)32-22-6-3-4-7-23(22)35-44(2,41)42/h3-11,18-19,35,39H,12-17H2,1-2H3,(H2,31,32,33,34). The molecular formula is C29H33ClN8O5S. The molecule has 0 saturated carbocycles. The fourth-order valence-corrected chi connectivity index (χ4v) is 5.55. The second-order valence-electron chi connectivity index (χ2n) is 10.1. The number of piperazine rings is 1. The largest absolute Gasteiger partial charge is 0.494 e. The van der Waals surface area contributed by atoms with Crippen molar-refractivity contribution < 1.29 is 23.1 Å². The number of sulfonamides is 1. The quantitative estimate of drug-likeness (QED) is 0.191. The van der Waals surface area contributed by atoms with E-state index < -0.39 is 10.0 Å². The van der Waals surface area contributed by atoms with E-state index in [1.807, 2.05) is 27.8 Å². The molecule has 2 aromatic heterocycles. The van der Waals surface area contributed by atoms with Crippen LogP contribution in [0.4, 0.5) is 28.8 Å². The molecule has 0 atom stereocenters. The highest BCUT2D eigenvalue weighted by molar-refractivity contribution is 7.92. The van der Waals surface area contributed by atoms with E-state index in [4.69, 9.17) is 16.3 Å². The van der Waals surface area contributed by atoms with E-state index in [0.29, 0.717) is 48.1 Å². The second-order valence-corrected chi connectivity index (χ2v) is 12.2. The number of nitrogens with one attached hydrogen (secondary N) is 3. The molecule has 2 aromatic carbocycles. The predicted octanol–water partition coefficient (Wildman–Crippen LogP) is 3.54. The third-order valence-corrected chi connectivity index (χ3v) is 7.84. The summed E-state index contributed by atoms with van der Waals surface area (Å²) in [5, 5.41) is 15.6. The van der Waals surface area contributed by atoms with E-state index in [0.717, 1.165) is 25.0 Å². The summed E-state index contributed by atoms with van der Waals surface area (Å²) >= 11 is 6.36. The molecule has 44 heavy (non-hydrogen) atoms. The Morgan fingerprint density at radius 3 is 2.48 bits per heavy atom. The zero-order chi connectivity index (χ0) is 31.3. The predicted molar refractivity (Wildman–Crippen MR) is 170 cm³/mol. The van der Waals surface area contributed by atoms with Crippen LogP contribution in [0.3, 0.4) is 0 Å². The molecule has 15 heteroatoms. The van der Waals surface area contributed by atoms with Gasteiger partial charge in [-0.25, -0.2) is 13.4 Å². The number of benzene rings is 2. The van der Waals surface area contributed by atoms with Crippen LogP contribution in [-0.2, 0) is 10.0 Å². The number of carbonyl (C=O) groups excluding carboxylic acids is 1. The number of hydrogen-bond donors (Lipinski definition) is 4. The van der Waals surface area contributed by atoms with E-state index in [1.165, 1.54) is 6.20 Å². The Kier molecular flexibility index (Phi) is 9.54. The molecule has 0 spiro atoms. The first-order valence-corrected chi connectivity index (χ1v) is 16.0. The molecule has 1 fully saturated rings. The summed E-state index contributed by atoms with van der Waals surface area (Å²) in [5.41, 5.74) is 2.63. The van der Waals surface area contributed by atoms with E-state index in [1.54, 1.807) is 49.6 Å². The number of methoxy groups -OCH3 is 1. The molecule has 5 rings (SSSR count). The summed E-state index contributed by atoms with van der Waals surface area (Å²) in [6.07, 6.45) is 4.32. The van der Waals surface area contributed by atoms with Gasteiger partial charge in [0.05, 0.1) is 43.2 Å². The number of hydrogen-bond acceptors (Lipinski definition) is 10. The minimum Gasteiger partial charge on any atom is -0.494 e. The van der Waals surface area contributed by atoms with Crippen molar-refractivity contribution in [2.45, 2.75) is 0 Å². The number of aromatic nitrogens is 3. The number of carbonyl (C=O) groups is 1. The monoisotopic (exact) mass is 640 g/mol. The SMILES string of the molecule is COc1cc(-n2cccc2C(=O)N2CCN(CCO)CC2)ccc1Nc1ncc(Cl)c(Nc2ccccc2NS(C)(=O)=O)n1. The van der Waals surface area contributed by atoms with E-state index in [2.05, 4.69) is 30.2 Å². The summed E-state index contributed by atoms with van der Waals surface area (Å²) in [6, 6.07) is 15.8. The van der Waals surface area contributed by atoms with Crippen LogP contribution in [0.5, 0.6) is 5.75 Å². The molecular weight excluding hydrogens is 608 g/mol. The fourth-order valence-electron chi connectivity index (χ4n) is 4.84. The Morgan fingerprint density at radius 1 is 1.02 bits per heavy atom. The number of ether oxygens (including phenoxy) is 1. The molecule has 4 aromatic rings. The average Bonchev–Trinajstić information content (AvgIpc) is 3.49. The molecule has 0 unspecified atom stereocenters. The van der Waals surface area contributed by atoms with Crippen molar-refractivity contribution in [3.63, 3.8) is 0 Å². The van der Waals surface area contributed by atoms with Gasteiger partial charge in [0.15, 0.2) is 5.82 Å². The molecule has 4 N–H and O–H groups in total. The van der Waals surface area contributed by atoms with Crippen LogP contribution in [0.1, 0.15) is 10.5 Å². The van der Waals surface area contributed by atoms with Gasteiger partial charge >= 0.3 is 0 Å². The lowest BCUT2D eigenvalue weighted by atomic mass is 10.2. The first kappa shape index (κ1) is 31.1. The highest BCUT2D eigenvalue weighted by Crippen LogP contribution is 2.33. The minimum atomic E-state index is -3.51. The lowest BCUT2D eigenvalue weighted by molar-refractivity contribution is 0.0607. The smallest absolute Gasteiger partial charge is 0.270 e. The van der Waals surface area contributed by atoms with Gasteiger partial charge in [-0.15, -0.1) is 0 Å². The van der Waals surface area contributed by atoms with Crippen LogP contribution in [0, 0.1) is 0 Å². The lowest BCUT2D eigenvalue weighted by Gasteiger charge is -2.34. The number of para-hydroxylation sites is 2. The summed E-state index contributed by atoms with van der Waals surface area (Å²) in [6.45, 7) is 3.33. The number of anilines is 5. The molecule has 1 saturated heterocycles. The molecule has 0 radical (unpaired) electrons. The van der Waals surface area contributed by atoms with Crippen LogP contribution < -0.4 is 20.1 Å². The summed E-state index contributed by atoms with van der Waals surface area (Å²) in [7, 11) is -1.97. The summed E-state index contributed by atoms with van der Waals surface area (Å²) in [4.78, 5) is 26.1. The zero-order valence-corrected chi connectivity index (χ0v) is 25.8. The lowest BCUT2D eigenvalue weighted by Crippen LogP contribution is -2.49. The van der Waals surface area contributed by atoms with E-state index in [9.17, 15) is 18.3 Å². The third-order valence-electron chi connectivity index (χ3n) is 6.97. The van der Waals surface area contributed by atoms with Crippen molar-refractivity contribution in [1.29, 1.82) is 0 Å². The van der Waals surface area contributed by atoms with Crippen LogP contribution in [0.25, 0.3) is 5.69 Å². The molecule has 13 nitrogen and oxygen atoms in total. The van der Waals surface area contributed by atoms with Gasteiger partial charge < -0.3 is 29.9 Å². The van der Waals surface area contributed by atoms with Crippen LogP contribution >= 0.6 is 11.6 Å². The highest BCUT2D eigenvalue weighted by Gasteiger charge is 2.24. The van der Waals surface area contributed by atoms with Crippen molar-refractivity contribution in [2.24, 2.45) is 0 Å². The van der Waals surface area contributed by atoms with Gasteiger partial charge in [-0.2, -0.15) is 4.98 Å². The van der Waals surface area contributed by atoms with Gasteiger partial charge in [0.1, 0.15) is 16.5 Å². The maximum Gasteiger partial charge on any atom is 0.270 e. The van der Waals surface area contributed by atoms with Gasteiger partial charge in [0.2, 0.25) is 16.0 Å². The van der Waals surface area contributed by atoms with Crippen LogP contribution in [0.2, 0.25) is 5.02 Å².